The standard InChI is InChI=1S/C12H15F3N4O2/c13-12(14,15)8-4-19(3-7(8)10(16)20)5-9-17-11(18-21-9)6-1-2-6/h6-8H,1-5H2,(H2,16,20)/t7-,8-/m1/s1. The highest BCUT2D eigenvalue weighted by Gasteiger charge is 2.51. The van der Waals surface area contributed by atoms with Crippen molar-refractivity contribution in [2.45, 2.75) is 31.5 Å². The minimum Gasteiger partial charge on any atom is -0.369 e. The quantitative estimate of drug-likeness (QED) is 0.898. The molecule has 9 heteroatoms. The number of primary amides is 1. The van der Waals surface area contributed by atoms with Crippen LogP contribution in [0.1, 0.15) is 30.5 Å². The molecule has 2 fully saturated rings. The lowest BCUT2D eigenvalue weighted by molar-refractivity contribution is -0.182. The number of carbonyl (C=O) groups excluding carboxylic acids is 1. The zero-order valence-electron chi connectivity index (χ0n) is 11.1. The third-order valence-corrected chi connectivity index (χ3v) is 3.97. The smallest absolute Gasteiger partial charge is 0.369 e. The van der Waals surface area contributed by atoms with E-state index in [1.807, 2.05) is 0 Å². The van der Waals surface area contributed by atoms with Crippen molar-refractivity contribution in [1.29, 1.82) is 0 Å². The SMILES string of the molecule is NC(=O)[C@@H]1CN(Cc2nc(C3CC3)no2)C[C@H]1C(F)(F)F. The van der Waals surface area contributed by atoms with Gasteiger partial charge in [-0.3, -0.25) is 9.69 Å². The second kappa shape index (κ2) is 4.97. The minimum atomic E-state index is -4.44. The van der Waals surface area contributed by atoms with E-state index in [2.05, 4.69) is 10.1 Å². The number of aromatic nitrogens is 2. The van der Waals surface area contributed by atoms with Gasteiger partial charge in [0, 0.05) is 19.0 Å². The number of nitrogens with zero attached hydrogens (tertiary/aromatic N) is 3. The van der Waals surface area contributed by atoms with E-state index in [0.717, 1.165) is 12.8 Å². The lowest BCUT2D eigenvalue weighted by Gasteiger charge is -2.18. The molecule has 2 heterocycles. The van der Waals surface area contributed by atoms with E-state index >= 15 is 0 Å². The molecule has 1 aliphatic heterocycles. The van der Waals surface area contributed by atoms with Crippen LogP contribution in [0.25, 0.3) is 0 Å². The van der Waals surface area contributed by atoms with Crippen LogP contribution in [-0.2, 0) is 11.3 Å². The predicted octanol–water partition coefficient (Wildman–Crippen LogP) is 1.04. The molecule has 6 nitrogen and oxygen atoms in total. The molecule has 1 saturated heterocycles. The lowest BCUT2D eigenvalue weighted by Crippen LogP contribution is -2.37. The number of hydrogen-bond acceptors (Lipinski definition) is 5. The van der Waals surface area contributed by atoms with E-state index in [1.165, 1.54) is 4.90 Å². The second-order valence-corrected chi connectivity index (χ2v) is 5.67. The third kappa shape index (κ3) is 3.02. The second-order valence-electron chi connectivity index (χ2n) is 5.67. The fourth-order valence-electron chi connectivity index (χ4n) is 2.67. The topological polar surface area (TPSA) is 85.3 Å². The van der Waals surface area contributed by atoms with E-state index in [9.17, 15) is 18.0 Å². The molecular weight excluding hydrogens is 289 g/mol. The first-order valence-corrected chi connectivity index (χ1v) is 6.75. The van der Waals surface area contributed by atoms with Crippen LogP contribution >= 0.6 is 0 Å². The van der Waals surface area contributed by atoms with Crippen LogP contribution in [-0.4, -0.2) is 40.2 Å². The van der Waals surface area contributed by atoms with E-state index in [4.69, 9.17) is 10.3 Å². The number of rotatable bonds is 4. The van der Waals surface area contributed by atoms with Crippen molar-refractivity contribution in [2.24, 2.45) is 17.6 Å². The Labute approximate surface area is 118 Å². The van der Waals surface area contributed by atoms with Crippen LogP contribution in [0.2, 0.25) is 0 Å². The first-order chi connectivity index (χ1) is 9.84. The molecule has 21 heavy (non-hydrogen) atoms. The Bertz CT molecular complexity index is 541. The summed E-state index contributed by atoms with van der Waals surface area (Å²) in [6, 6.07) is 0. The number of hydrogen-bond donors (Lipinski definition) is 1. The highest BCUT2D eigenvalue weighted by molar-refractivity contribution is 5.77. The first-order valence-electron chi connectivity index (χ1n) is 6.75. The number of amides is 1. The molecule has 1 aliphatic carbocycles. The van der Waals surface area contributed by atoms with Crippen molar-refractivity contribution in [3.8, 4) is 0 Å². The molecule has 1 aromatic rings. The van der Waals surface area contributed by atoms with Crippen LogP contribution in [0.3, 0.4) is 0 Å². The van der Waals surface area contributed by atoms with Gasteiger partial charge in [0.2, 0.25) is 11.8 Å². The van der Waals surface area contributed by atoms with E-state index in [-0.39, 0.29) is 25.5 Å². The maximum absolute atomic E-state index is 12.9. The normalized spacial score (nSPS) is 27.2. The van der Waals surface area contributed by atoms with Gasteiger partial charge < -0.3 is 10.3 Å². The maximum atomic E-state index is 12.9. The molecule has 0 aromatic carbocycles. The van der Waals surface area contributed by atoms with Crippen LogP contribution in [0.4, 0.5) is 13.2 Å². The van der Waals surface area contributed by atoms with Crippen molar-refractivity contribution in [3.63, 3.8) is 0 Å². The van der Waals surface area contributed by atoms with Crippen LogP contribution < -0.4 is 5.73 Å². The summed E-state index contributed by atoms with van der Waals surface area (Å²) in [4.78, 5) is 16.9. The van der Waals surface area contributed by atoms with Gasteiger partial charge in [-0.05, 0) is 12.8 Å². The van der Waals surface area contributed by atoms with E-state index in [1.54, 1.807) is 0 Å². The Balaban J connectivity index is 1.67. The summed E-state index contributed by atoms with van der Waals surface area (Å²) >= 11 is 0. The zero-order chi connectivity index (χ0) is 15.2. The van der Waals surface area contributed by atoms with Gasteiger partial charge in [0.05, 0.1) is 18.4 Å². The molecule has 0 spiro atoms. The molecule has 1 amide bonds. The molecule has 0 unspecified atom stereocenters. The summed E-state index contributed by atoms with van der Waals surface area (Å²) in [6.07, 6.45) is -2.41. The highest BCUT2D eigenvalue weighted by atomic mass is 19.4. The average Bonchev–Trinajstić information content (AvgIpc) is 2.96. The minimum absolute atomic E-state index is 0.0410. The predicted molar refractivity (Wildman–Crippen MR) is 63.8 cm³/mol. The van der Waals surface area contributed by atoms with Gasteiger partial charge in [0.1, 0.15) is 0 Å². The Morgan fingerprint density at radius 3 is 2.62 bits per heavy atom. The van der Waals surface area contributed by atoms with Crippen LogP contribution in [0.15, 0.2) is 4.52 Å². The summed E-state index contributed by atoms with van der Waals surface area (Å²) in [7, 11) is 0. The van der Waals surface area contributed by atoms with Gasteiger partial charge in [0.15, 0.2) is 5.82 Å². The Morgan fingerprint density at radius 2 is 2.10 bits per heavy atom. The first kappa shape index (κ1) is 14.3. The molecule has 2 aliphatic rings. The number of carbonyl (C=O) groups is 1. The summed E-state index contributed by atoms with van der Waals surface area (Å²) in [6.45, 7) is -0.213. The molecule has 2 N–H and O–H groups in total. The summed E-state index contributed by atoms with van der Waals surface area (Å²) in [5, 5.41) is 3.82. The van der Waals surface area contributed by atoms with Gasteiger partial charge in [-0.2, -0.15) is 18.2 Å². The average molecular weight is 304 g/mol. The van der Waals surface area contributed by atoms with Gasteiger partial charge in [-0.15, -0.1) is 0 Å². The molecule has 1 saturated carbocycles. The van der Waals surface area contributed by atoms with Crippen molar-refractivity contribution in [3.05, 3.63) is 11.7 Å². The number of nitrogens with two attached hydrogens (primary N) is 1. The molecule has 1 aromatic heterocycles. The van der Waals surface area contributed by atoms with Crippen molar-refractivity contribution in [1.82, 2.24) is 15.0 Å². The highest BCUT2D eigenvalue weighted by Crippen LogP contribution is 2.39. The maximum Gasteiger partial charge on any atom is 0.393 e. The van der Waals surface area contributed by atoms with Gasteiger partial charge >= 0.3 is 6.18 Å². The summed E-state index contributed by atoms with van der Waals surface area (Å²) < 4.78 is 43.8. The molecule has 0 bridgehead atoms. The van der Waals surface area contributed by atoms with Gasteiger partial charge in [-0.25, -0.2) is 0 Å². The number of halogens is 3. The summed E-state index contributed by atoms with van der Waals surface area (Å²) in [5.41, 5.74) is 5.08. The largest absolute Gasteiger partial charge is 0.393 e. The van der Waals surface area contributed by atoms with Gasteiger partial charge in [-0.1, -0.05) is 5.16 Å². The third-order valence-electron chi connectivity index (χ3n) is 3.97. The molecular formula is C12H15F3N4O2. The zero-order valence-corrected chi connectivity index (χ0v) is 11.1. The Kier molecular flexibility index (Phi) is 3.39. The monoisotopic (exact) mass is 304 g/mol. The van der Waals surface area contributed by atoms with Crippen LogP contribution in [0, 0.1) is 11.8 Å². The number of alkyl halides is 3. The van der Waals surface area contributed by atoms with Gasteiger partial charge in [0.25, 0.3) is 0 Å². The fourth-order valence-corrected chi connectivity index (χ4v) is 2.67. The van der Waals surface area contributed by atoms with Crippen molar-refractivity contribution < 1.29 is 22.5 Å². The lowest BCUT2D eigenvalue weighted by atomic mass is 9.95. The molecule has 2 atom stereocenters. The molecule has 116 valence electrons. The molecule has 0 radical (unpaired) electrons. The Hall–Kier alpha value is -1.64. The van der Waals surface area contributed by atoms with Crippen LogP contribution in [0.5, 0.6) is 0 Å². The number of likely N-dealkylation sites (tertiary alicyclic amines) is 1. The molecule has 3 rings (SSSR count). The van der Waals surface area contributed by atoms with E-state index in [0.29, 0.717) is 11.7 Å². The Morgan fingerprint density at radius 1 is 1.38 bits per heavy atom. The van der Waals surface area contributed by atoms with E-state index < -0.39 is 23.9 Å². The van der Waals surface area contributed by atoms with Crippen molar-refractivity contribution >= 4 is 5.91 Å². The summed E-state index contributed by atoms with van der Waals surface area (Å²) in [5.74, 6) is -2.67. The fraction of sp³-hybridized carbons (Fsp3) is 0.750. The van der Waals surface area contributed by atoms with Crippen molar-refractivity contribution in [2.75, 3.05) is 13.1 Å².